The number of aromatic carboxylic acids is 1. The quantitative estimate of drug-likeness (QED) is 0.831. The lowest BCUT2D eigenvalue weighted by Gasteiger charge is -2.40. The molecule has 0 spiro atoms. The highest BCUT2D eigenvalue weighted by atomic mass is 32.2. The predicted molar refractivity (Wildman–Crippen MR) is 74.8 cm³/mol. The summed E-state index contributed by atoms with van der Waals surface area (Å²) in [6.07, 6.45) is 2.62. The summed E-state index contributed by atoms with van der Waals surface area (Å²) in [5, 5.41) is 10.6. The standard InChI is InChI=1S/C12H17NO5S2/c1-8-6-19-9(11(14)15)10(8)20(16,17)13-7-12(18-2)4-3-5-12/h6,13H,3-5,7H2,1-2H3,(H,14,15). The molecule has 1 heterocycles. The molecule has 0 saturated heterocycles. The van der Waals surface area contributed by atoms with Crippen LogP contribution in [0.15, 0.2) is 10.3 Å². The summed E-state index contributed by atoms with van der Waals surface area (Å²) in [7, 11) is -2.28. The largest absolute Gasteiger partial charge is 0.477 e. The molecule has 6 nitrogen and oxygen atoms in total. The maximum absolute atomic E-state index is 12.3. The summed E-state index contributed by atoms with van der Waals surface area (Å²) in [6, 6.07) is 0. The van der Waals surface area contributed by atoms with Crippen molar-refractivity contribution in [2.24, 2.45) is 0 Å². The van der Waals surface area contributed by atoms with Gasteiger partial charge >= 0.3 is 5.97 Å². The minimum Gasteiger partial charge on any atom is -0.477 e. The molecule has 0 radical (unpaired) electrons. The number of rotatable bonds is 6. The summed E-state index contributed by atoms with van der Waals surface area (Å²) < 4.78 is 32.5. The number of ether oxygens (including phenoxy) is 1. The number of nitrogens with one attached hydrogen (secondary N) is 1. The van der Waals surface area contributed by atoms with Gasteiger partial charge in [-0.3, -0.25) is 0 Å². The molecule has 1 aliphatic carbocycles. The first-order valence-corrected chi connectivity index (χ1v) is 8.54. The average molecular weight is 319 g/mol. The fourth-order valence-electron chi connectivity index (χ4n) is 2.24. The molecule has 20 heavy (non-hydrogen) atoms. The Kier molecular flexibility index (Phi) is 4.19. The highest BCUT2D eigenvalue weighted by Crippen LogP contribution is 2.35. The normalized spacial score (nSPS) is 17.7. The molecule has 1 saturated carbocycles. The first-order valence-electron chi connectivity index (χ1n) is 6.17. The monoisotopic (exact) mass is 319 g/mol. The van der Waals surface area contributed by atoms with Crippen molar-refractivity contribution >= 4 is 27.3 Å². The summed E-state index contributed by atoms with van der Waals surface area (Å²) in [4.78, 5) is 10.8. The van der Waals surface area contributed by atoms with Crippen LogP contribution in [0.1, 0.15) is 34.5 Å². The molecule has 1 fully saturated rings. The summed E-state index contributed by atoms with van der Waals surface area (Å²) >= 11 is 0.920. The second kappa shape index (κ2) is 5.44. The van der Waals surface area contributed by atoms with Gasteiger partial charge in [0.2, 0.25) is 10.0 Å². The van der Waals surface area contributed by atoms with Gasteiger partial charge < -0.3 is 9.84 Å². The van der Waals surface area contributed by atoms with E-state index in [2.05, 4.69) is 4.72 Å². The maximum atomic E-state index is 12.3. The van der Waals surface area contributed by atoms with Crippen LogP contribution in [0.25, 0.3) is 0 Å². The van der Waals surface area contributed by atoms with Gasteiger partial charge in [-0.25, -0.2) is 17.9 Å². The summed E-state index contributed by atoms with van der Waals surface area (Å²) in [5.41, 5.74) is 0.000358. The highest BCUT2D eigenvalue weighted by molar-refractivity contribution is 7.89. The van der Waals surface area contributed by atoms with Crippen molar-refractivity contribution in [2.45, 2.75) is 36.7 Å². The number of aryl methyl sites for hydroxylation is 1. The van der Waals surface area contributed by atoms with Crippen molar-refractivity contribution in [1.82, 2.24) is 4.72 Å². The van der Waals surface area contributed by atoms with Crippen LogP contribution in [-0.2, 0) is 14.8 Å². The van der Waals surface area contributed by atoms with Gasteiger partial charge in [-0.2, -0.15) is 0 Å². The fourth-order valence-corrected chi connectivity index (χ4v) is 4.98. The Labute approximate surface area is 121 Å². The number of thiophene rings is 1. The van der Waals surface area contributed by atoms with E-state index in [0.29, 0.717) is 5.56 Å². The molecule has 0 atom stereocenters. The van der Waals surface area contributed by atoms with Crippen LogP contribution in [0.5, 0.6) is 0 Å². The van der Waals surface area contributed by atoms with E-state index in [1.807, 2.05) is 0 Å². The van der Waals surface area contributed by atoms with Crippen LogP contribution >= 0.6 is 11.3 Å². The van der Waals surface area contributed by atoms with E-state index in [4.69, 9.17) is 9.84 Å². The van der Waals surface area contributed by atoms with Gasteiger partial charge in [0.15, 0.2) is 0 Å². The molecule has 2 N–H and O–H groups in total. The number of carboxylic acid groups (broad SMARTS) is 1. The molecule has 0 bridgehead atoms. The third-order valence-corrected chi connectivity index (χ3v) is 6.47. The van der Waals surface area contributed by atoms with Crippen molar-refractivity contribution in [3.05, 3.63) is 15.8 Å². The predicted octanol–water partition coefficient (Wildman–Crippen LogP) is 1.60. The van der Waals surface area contributed by atoms with E-state index in [9.17, 15) is 13.2 Å². The Morgan fingerprint density at radius 2 is 2.20 bits per heavy atom. The van der Waals surface area contributed by atoms with E-state index in [-0.39, 0.29) is 16.3 Å². The topological polar surface area (TPSA) is 92.7 Å². The van der Waals surface area contributed by atoms with Gasteiger partial charge in [0.25, 0.3) is 0 Å². The van der Waals surface area contributed by atoms with E-state index in [1.165, 1.54) is 5.38 Å². The smallest absolute Gasteiger partial charge is 0.347 e. The number of methoxy groups -OCH3 is 1. The fraction of sp³-hybridized carbons (Fsp3) is 0.583. The number of hydrogen-bond donors (Lipinski definition) is 2. The average Bonchev–Trinajstić information content (AvgIpc) is 2.71. The summed E-state index contributed by atoms with van der Waals surface area (Å²) in [5.74, 6) is -1.23. The van der Waals surface area contributed by atoms with E-state index < -0.39 is 21.6 Å². The lowest BCUT2D eigenvalue weighted by Crippen LogP contribution is -2.49. The Hall–Kier alpha value is -0.960. The van der Waals surface area contributed by atoms with Gasteiger partial charge in [-0.1, -0.05) is 0 Å². The van der Waals surface area contributed by atoms with Crippen LogP contribution in [0.4, 0.5) is 0 Å². The van der Waals surface area contributed by atoms with Crippen molar-refractivity contribution in [3.8, 4) is 0 Å². The zero-order valence-corrected chi connectivity index (χ0v) is 12.9. The van der Waals surface area contributed by atoms with Crippen molar-refractivity contribution in [2.75, 3.05) is 13.7 Å². The SMILES string of the molecule is COC1(CNS(=O)(=O)c2c(C)csc2C(=O)O)CCC1. The molecular formula is C12H17NO5S2. The Bertz CT molecular complexity index is 610. The zero-order valence-electron chi connectivity index (χ0n) is 11.3. The molecule has 0 aliphatic heterocycles. The highest BCUT2D eigenvalue weighted by Gasteiger charge is 2.38. The van der Waals surface area contributed by atoms with E-state index >= 15 is 0 Å². The van der Waals surface area contributed by atoms with E-state index in [1.54, 1.807) is 14.0 Å². The molecule has 2 rings (SSSR count). The van der Waals surface area contributed by atoms with Crippen molar-refractivity contribution in [1.29, 1.82) is 0 Å². The minimum absolute atomic E-state index is 0.138. The minimum atomic E-state index is -3.84. The second-order valence-electron chi connectivity index (χ2n) is 4.95. The van der Waals surface area contributed by atoms with Gasteiger partial charge in [0.05, 0.1) is 5.60 Å². The van der Waals surface area contributed by atoms with Crippen LogP contribution < -0.4 is 4.72 Å². The Morgan fingerprint density at radius 3 is 2.65 bits per heavy atom. The molecule has 1 aromatic heterocycles. The number of carbonyl (C=O) groups is 1. The van der Waals surface area contributed by atoms with Crippen LogP contribution in [0.2, 0.25) is 0 Å². The molecule has 112 valence electrons. The third kappa shape index (κ3) is 2.73. The van der Waals surface area contributed by atoms with Gasteiger partial charge in [0.1, 0.15) is 9.77 Å². The molecular weight excluding hydrogens is 302 g/mol. The number of sulfonamides is 1. The van der Waals surface area contributed by atoms with Crippen LogP contribution in [-0.4, -0.2) is 38.7 Å². The number of hydrogen-bond acceptors (Lipinski definition) is 5. The Morgan fingerprint density at radius 1 is 1.55 bits per heavy atom. The molecule has 8 heteroatoms. The van der Waals surface area contributed by atoms with Gasteiger partial charge in [0, 0.05) is 13.7 Å². The molecule has 0 unspecified atom stereocenters. The van der Waals surface area contributed by atoms with Crippen molar-refractivity contribution in [3.63, 3.8) is 0 Å². The Balaban J connectivity index is 2.23. The maximum Gasteiger partial charge on any atom is 0.347 e. The lowest BCUT2D eigenvalue weighted by atomic mass is 9.80. The zero-order chi connectivity index (χ0) is 15.0. The molecule has 1 aromatic rings. The van der Waals surface area contributed by atoms with Crippen LogP contribution in [0.3, 0.4) is 0 Å². The van der Waals surface area contributed by atoms with Gasteiger partial charge in [-0.15, -0.1) is 11.3 Å². The summed E-state index contributed by atoms with van der Waals surface area (Å²) in [6.45, 7) is 1.76. The molecule has 0 amide bonds. The lowest BCUT2D eigenvalue weighted by molar-refractivity contribution is -0.0659. The molecule has 0 aromatic carbocycles. The number of carboxylic acids is 1. The van der Waals surface area contributed by atoms with Crippen molar-refractivity contribution < 1.29 is 23.1 Å². The van der Waals surface area contributed by atoms with Gasteiger partial charge in [-0.05, 0) is 37.1 Å². The van der Waals surface area contributed by atoms with Crippen LogP contribution in [0, 0.1) is 6.92 Å². The first-order chi connectivity index (χ1) is 9.31. The molecule has 1 aliphatic rings. The third-order valence-electron chi connectivity index (χ3n) is 3.66. The first kappa shape index (κ1) is 15.4. The van der Waals surface area contributed by atoms with E-state index in [0.717, 1.165) is 30.6 Å². The second-order valence-corrected chi connectivity index (χ2v) is 7.53.